The van der Waals surface area contributed by atoms with E-state index >= 15 is 0 Å². The Morgan fingerprint density at radius 3 is 2.76 bits per heavy atom. The van der Waals surface area contributed by atoms with Crippen LogP contribution in [0.2, 0.25) is 0 Å². The first-order valence-electron chi connectivity index (χ1n) is 10.1. The Labute approximate surface area is 171 Å². The molecule has 0 aliphatic carbocycles. The van der Waals surface area contributed by atoms with Crippen molar-refractivity contribution in [1.82, 2.24) is 5.32 Å². The highest BCUT2D eigenvalue weighted by molar-refractivity contribution is 5.86. The minimum atomic E-state index is -0.338. The van der Waals surface area contributed by atoms with Crippen molar-refractivity contribution in [3.63, 3.8) is 0 Å². The summed E-state index contributed by atoms with van der Waals surface area (Å²) in [5.74, 6) is 1.62. The molecule has 0 saturated carbocycles. The van der Waals surface area contributed by atoms with Crippen LogP contribution in [0.4, 0.5) is 0 Å². The minimum Gasteiger partial charge on any atom is -0.497 e. The quantitative estimate of drug-likeness (QED) is 0.652. The van der Waals surface area contributed by atoms with Crippen molar-refractivity contribution in [2.24, 2.45) is 0 Å². The van der Waals surface area contributed by atoms with Crippen molar-refractivity contribution < 1.29 is 14.3 Å². The van der Waals surface area contributed by atoms with Crippen LogP contribution in [0, 0.1) is 0 Å². The molecule has 1 unspecified atom stereocenters. The zero-order valence-corrected chi connectivity index (χ0v) is 17.2. The molecule has 1 aliphatic rings. The first-order valence-corrected chi connectivity index (χ1v) is 10.1. The standard InChI is InChI=1S/C25H27NO3/c1-25(2)16-22(21-15-19(28-3)12-13-23(21)29-25)26-24(27)14-11-18-9-6-8-17-7-4-5-10-20(17)18/h4-10,12-13,15,22H,11,14,16H2,1-3H3,(H,26,27). The van der Waals surface area contributed by atoms with Crippen LogP contribution in [0.5, 0.6) is 11.5 Å². The zero-order chi connectivity index (χ0) is 20.4. The van der Waals surface area contributed by atoms with Gasteiger partial charge in [0.05, 0.1) is 13.2 Å². The summed E-state index contributed by atoms with van der Waals surface area (Å²) in [5, 5.41) is 5.64. The third-order valence-corrected chi connectivity index (χ3v) is 5.51. The lowest BCUT2D eigenvalue weighted by Gasteiger charge is -2.38. The van der Waals surface area contributed by atoms with E-state index in [1.54, 1.807) is 7.11 Å². The number of methoxy groups -OCH3 is 1. The van der Waals surface area contributed by atoms with E-state index in [-0.39, 0.29) is 17.6 Å². The second kappa shape index (κ2) is 7.78. The molecule has 0 bridgehead atoms. The van der Waals surface area contributed by atoms with E-state index in [0.717, 1.165) is 17.1 Å². The average Bonchev–Trinajstić information content (AvgIpc) is 2.71. The van der Waals surface area contributed by atoms with Gasteiger partial charge in [-0.3, -0.25) is 4.79 Å². The Morgan fingerprint density at radius 1 is 1.14 bits per heavy atom. The predicted octanol–water partition coefficient (Wildman–Crippen LogP) is 5.20. The van der Waals surface area contributed by atoms with Gasteiger partial charge < -0.3 is 14.8 Å². The highest BCUT2D eigenvalue weighted by Gasteiger charge is 2.34. The topological polar surface area (TPSA) is 47.6 Å². The number of aryl methyl sites for hydroxylation is 1. The minimum absolute atomic E-state index is 0.0504. The van der Waals surface area contributed by atoms with Gasteiger partial charge in [-0.2, -0.15) is 0 Å². The van der Waals surface area contributed by atoms with Gasteiger partial charge in [0.25, 0.3) is 0 Å². The van der Waals surface area contributed by atoms with Crippen molar-refractivity contribution >= 4 is 16.7 Å². The van der Waals surface area contributed by atoms with Gasteiger partial charge in [-0.05, 0) is 54.8 Å². The molecule has 0 fully saturated rings. The Kier molecular flexibility index (Phi) is 5.18. The Balaban J connectivity index is 1.49. The Morgan fingerprint density at radius 2 is 1.93 bits per heavy atom. The summed E-state index contributed by atoms with van der Waals surface area (Å²) in [6, 6.07) is 20.2. The maximum Gasteiger partial charge on any atom is 0.220 e. The lowest BCUT2D eigenvalue weighted by atomic mass is 9.89. The molecule has 1 atom stereocenters. The number of amides is 1. The molecule has 3 aromatic carbocycles. The van der Waals surface area contributed by atoms with Gasteiger partial charge in [0.15, 0.2) is 0 Å². The van der Waals surface area contributed by atoms with Crippen LogP contribution < -0.4 is 14.8 Å². The smallest absolute Gasteiger partial charge is 0.220 e. The molecule has 0 radical (unpaired) electrons. The first-order chi connectivity index (χ1) is 13.9. The van der Waals surface area contributed by atoms with Crippen LogP contribution in [-0.2, 0) is 11.2 Å². The fourth-order valence-corrected chi connectivity index (χ4v) is 4.11. The summed E-state index contributed by atoms with van der Waals surface area (Å²) in [4.78, 5) is 12.8. The second-order valence-electron chi connectivity index (χ2n) is 8.23. The fourth-order valence-electron chi connectivity index (χ4n) is 4.11. The molecule has 4 heteroatoms. The summed E-state index contributed by atoms with van der Waals surface area (Å²) in [5.41, 5.74) is 1.84. The lowest BCUT2D eigenvalue weighted by Crippen LogP contribution is -2.41. The van der Waals surface area contributed by atoms with Crippen molar-refractivity contribution in [3.05, 3.63) is 71.8 Å². The van der Waals surface area contributed by atoms with Crippen molar-refractivity contribution in [2.45, 2.75) is 44.8 Å². The molecule has 0 saturated heterocycles. The third kappa shape index (κ3) is 4.21. The average molecular weight is 389 g/mol. The van der Waals surface area contributed by atoms with Crippen LogP contribution in [0.1, 0.15) is 43.9 Å². The van der Waals surface area contributed by atoms with Gasteiger partial charge in [0.2, 0.25) is 5.91 Å². The van der Waals surface area contributed by atoms with E-state index in [9.17, 15) is 4.79 Å². The molecule has 150 valence electrons. The first kappa shape index (κ1) is 19.3. The maximum atomic E-state index is 12.8. The number of carbonyl (C=O) groups is 1. The molecule has 3 aromatic rings. The Bertz CT molecular complexity index is 1040. The van der Waals surface area contributed by atoms with Crippen molar-refractivity contribution in [3.8, 4) is 11.5 Å². The number of ether oxygens (including phenoxy) is 2. The maximum absolute atomic E-state index is 12.8. The molecule has 1 heterocycles. The number of hydrogen-bond donors (Lipinski definition) is 1. The molecule has 4 nitrogen and oxygen atoms in total. The summed E-state index contributed by atoms with van der Waals surface area (Å²) in [6.07, 6.45) is 1.88. The molecule has 1 amide bonds. The molecule has 4 rings (SSSR count). The number of carbonyl (C=O) groups excluding carboxylic acids is 1. The summed E-state index contributed by atoms with van der Waals surface area (Å²) in [6.45, 7) is 4.10. The highest BCUT2D eigenvalue weighted by Crippen LogP contribution is 2.41. The van der Waals surface area contributed by atoms with Gasteiger partial charge >= 0.3 is 0 Å². The van der Waals surface area contributed by atoms with Gasteiger partial charge in [-0.1, -0.05) is 42.5 Å². The molecule has 29 heavy (non-hydrogen) atoms. The molecule has 1 aliphatic heterocycles. The monoisotopic (exact) mass is 389 g/mol. The second-order valence-corrected chi connectivity index (χ2v) is 8.23. The summed E-state index contributed by atoms with van der Waals surface area (Å²) < 4.78 is 11.5. The van der Waals surface area contributed by atoms with Crippen LogP contribution in [-0.4, -0.2) is 18.6 Å². The molecule has 0 spiro atoms. The predicted molar refractivity (Wildman–Crippen MR) is 115 cm³/mol. The number of hydrogen-bond acceptors (Lipinski definition) is 3. The normalized spacial score (nSPS) is 17.3. The Hall–Kier alpha value is -3.01. The van der Waals surface area contributed by atoms with E-state index in [4.69, 9.17) is 9.47 Å². The van der Waals surface area contributed by atoms with Crippen molar-refractivity contribution in [1.29, 1.82) is 0 Å². The van der Waals surface area contributed by atoms with E-state index in [0.29, 0.717) is 19.3 Å². The third-order valence-electron chi connectivity index (χ3n) is 5.51. The van der Waals surface area contributed by atoms with Crippen LogP contribution in [0.25, 0.3) is 10.8 Å². The van der Waals surface area contributed by atoms with E-state index in [2.05, 4.69) is 49.5 Å². The fraction of sp³-hybridized carbons (Fsp3) is 0.320. The molecular formula is C25H27NO3. The van der Waals surface area contributed by atoms with Crippen LogP contribution >= 0.6 is 0 Å². The number of fused-ring (bicyclic) bond motifs is 2. The van der Waals surface area contributed by atoms with Crippen LogP contribution in [0.3, 0.4) is 0 Å². The van der Waals surface area contributed by atoms with Gasteiger partial charge in [-0.15, -0.1) is 0 Å². The summed E-state index contributed by atoms with van der Waals surface area (Å²) >= 11 is 0. The number of benzene rings is 3. The zero-order valence-electron chi connectivity index (χ0n) is 17.2. The summed E-state index contributed by atoms with van der Waals surface area (Å²) in [7, 11) is 1.65. The van der Waals surface area contributed by atoms with E-state index < -0.39 is 0 Å². The van der Waals surface area contributed by atoms with E-state index in [1.165, 1.54) is 16.3 Å². The van der Waals surface area contributed by atoms with Gasteiger partial charge in [-0.25, -0.2) is 0 Å². The molecule has 1 N–H and O–H groups in total. The lowest BCUT2D eigenvalue weighted by molar-refractivity contribution is -0.122. The van der Waals surface area contributed by atoms with Crippen LogP contribution in [0.15, 0.2) is 60.7 Å². The van der Waals surface area contributed by atoms with Gasteiger partial charge in [0.1, 0.15) is 17.1 Å². The SMILES string of the molecule is COc1ccc2c(c1)C(NC(=O)CCc1cccc3ccccc13)CC(C)(C)O2. The number of rotatable bonds is 5. The van der Waals surface area contributed by atoms with Gasteiger partial charge in [0, 0.05) is 18.4 Å². The molecular weight excluding hydrogens is 362 g/mol. The van der Waals surface area contributed by atoms with Crippen molar-refractivity contribution in [2.75, 3.05) is 7.11 Å². The molecule has 0 aromatic heterocycles. The number of nitrogens with one attached hydrogen (secondary N) is 1. The van der Waals surface area contributed by atoms with E-state index in [1.807, 2.05) is 30.3 Å². The highest BCUT2D eigenvalue weighted by atomic mass is 16.5. The largest absolute Gasteiger partial charge is 0.497 e.